The van der Waals surface area contributed by atoms with E-state index in [-0.39, 0.29) is 12.1 Å². The molecule has 25 heavy (non-hydrogen) atoms. The molecule has 3 rings (SSSR count). The number of nitrogens with zero attached hydrogens (tertiary/aromatic N) is 3. The molecule has 0 aromatic carbocycles. The minimum atomic E-state index is -0.457. The van der Waals surface area contributed by atoms with Crippen LogP contribution >= 0.6 is 0 Å². The van der Waals surface area contributed by atoms with Crippen LogP contribution in [0.4, 0.5) is 4.79 Å². The van der Waals surface area contributed by atoms with Gasteiger partial charge in [-0.3, -0.25) is 0 Å². The highest BCUT2D eigenvalue weighted by atomic mass is 16.6. The second kappa shape index (κ2) is 7.32. The summed E-state index contributed by atoms with van der Waals surface area (Å²) in [6.07, 6.45) is 5.36. The number of hydrogen-bond acceptors (Lipinski definition) is 5. The van der Waals surface area contributed by atoms with Gasteiger partial charge in [0.1, 0.15) is 17.2 Å². The van der Waals surface area contributed by atoms with Gasteiger partial charge in [0, 0.05) is 19.1 Å². The van der Waals surface area contributed by atoms with Gasteiger partial charge in [-0.05, 0) is 59.3 Å². The molecule has 2 heterocycles. The number of carbonyl (C=O) groups is 1. The van der Waals surface area contributed by atoms with Crippen molar-refractivity contribution in [2.75, 3.05) is 6.54 Å². The highest BCUT2D eigenvalue weighted by Gasteiger charge is 2.32. The van der Waals surface area contributed by atoms with Crippen LogP contribution in [0.25, 0.3) is 0 Å². The van der Waals surface area contributed by atoms with Crippen LogP contribution in [-0.2, 0) is 11.3 Å². The quantitative estimate of drug-likeness (QED) is 0.873. The number of rotatable bonds is 4. The van der Waals surface area contributed by atoms with E-state index in [4.69, 9.17) is 4.74 Å². The van der Waals surface area contributed by atoms with Crippen molar-refractivity contribution in [3.05, 3.63) is 11.6 Å². The van der Waals surface area contributed by atoms with Gasteiger partial charge in [-0.15, -0.1) is 0 Å². The van der Waals surface area contributed by atoms with Crippen molar-refractivity contribution in [1.82, 2.24) is 25.4 Å². The van der Waals surface area contributed by atoms with E-state index in [1.807, 2.05) is 32.4 Å². The summed E-state index contributed by atoms with van der Waals surface area (Å²) in [5.41, 5.74) is -0.457. The lowest BCUT2D eigenvalue weighted by atomic mass is 10.00. The number of ether oxygens (including phenoxy) is 1. The molecule has 0 spiro atoms. The van der Waals surface area contributed by atoms with Crippen molar-refractivity contribution in [1.29, 1.82) is 0 Å². The van der Waals surface area contributed by atoms with E-state index in [0.29, 0.717) is 18.5 Å². The molecule has 0 unspecified atom stereocenters. The molecule has 1 aromatic rings. The lowest BCUT2D eigenvalue weighted by Gasteiger charge is -2.29. The number of aromatic nitrogens is 3. The van der Waals surface area contributed by atoms with E-state index >= 15 is 0 Å². The number of nitrogens with one attached hydrogen (secondary N) is 2. The molecule has 1 aliphatic heterocycles. The van der Waals surface area contributed by atoms with Gasteiger partial charge in [0.2, 0.25) is 0 Å². The number of alkyl carbamates (subject to hydrolysis) is 1. The molecule has 1 aromatic heterocycles. The topological polar surface area (TPSA) is 81.1 Å². The average molecular weight is 349 g/mol. The van der Waals surface area contributed by atoms with E-state index in [1.54, 1.807) is 0 Å². The second-order valence-electron chi connectivity index (χ2n) is 8.28. The van der Waals surface area contributed by atoms with Crippen LogP contribution in [0.5, 0.6) is 0 Å². The Kier molecular flexibility index (Phi) is 5.32. The highest BCUT2D eigenvalue weighted by molar-refractivity contribution is 5.67. The van der Waals surface area contributed by atoms with Crippen LogP contribution in [0.15, 0.2) is 0 Å². The molecule has 0 bridgehead atoms. The Morgan fingerprint density at radius 2 is 2.08 bits per heavy atom. The van der Waals surface area contributed by atoms with Crippen molar-refractivity contribution in [2.24, 2.45) is 5.92 Å². The SMILES string of the molecule is Cc1nc2n(n1)CCC[C@@H]2N[C@H]1CCC[C@@H]1CNC(=O)OC(C)(C)C. The fourth-order valence-electron chi connectivity index (χ4n) is 3.91. The first-order valence-electron chi connectivity index (χ1n) is 9.46. The Bertz CT molecular complexity index is 607. The van der Waals surface area contributed by atoms with Crippen molar-refractivity contribution in [3.8, 4) is 0 Å². The molecule has 2 N–H and O–H groups in total. The van der Waals surface area contributed by atoms with Gasteiger partial charge in [0.05, 0.1) is 6.04 Å². The lowest BCUT2D eigenvalue weighted by molar-refractivity contribution is 0.0517. The molecule has 140 valence electrons. The van der Waals surface area contributed by atoms with Gasteiger partial charge in [-0.1, -0.05) is 6.42 Å². The van der Waals surface area contributed by atoms with Crippen LogP contribution in [0.1, 0.15) is 70.6 Å². The first kappa shape index (κ1) is 18.2. The Morgan fingerprint density at radius 1 is 1.28 bits per heavy atom. The number of aryl methyl sites for hydroxylation is 2. The van der Waals surface area contributed by atoms with Gasteiger partial charge >= 0.3 is 6.09 Å². The third kappa shape index (κ3) is 4.71. The molecule has 7 nitrogen and oxygen atoms in total. The third-order valence-electron chi connectivity index (χ3n) is 4.96. The summed E-state index contributed by atoms with van der Waals surface area (Å²) in [5, 5.41) is 11.2. The van der Waals surface area contributed by atoms with Crippen molar-refractivity contribution in [3.63, 3.8) is 0 Å². The van der Waals surface area contributed by atoms with E-state index in [9.17, 15) is 4.79 Å². The predicted octanol–water partition coefficient (Wildman–Crippen LogP) is 2.70. The Labute approximate surface area is 149 Å². The van der Waals surface area contributed by atoms with Crippen molar-refractivity contribution >= 4 is 6.09 Å². The van der Waals surface area contributed by atoms with Gasteiger partial charge < -0.3 is 15.4 Å². The Balaban J connectivity index is 1.55. The maximum absolute atomic E-state index is 11.9. The van der Waals surface area contributed by atoms with Gasteiger partial charge in [0.25, 0.3) is 0 Å². The summed E-state index contributed by atoms with van der Waals surface area (Å²) < 4.78 is 7.38. The fourth-order valence-corrected chi connectivity index (χ4v) is 3.91. The largest absolute Gasteiger partial charge is 0.444 e. The van der Waals surface area contributed by atoms with Gasteiger partial charge in [-0.2, -0.15) is 5.10 Å². The summed E-state index contributed by atoms with van der Waals surface area (Å²) in [6, 6.07) is 0.672. The zero-order chi connectivity index (χ0) is 18.0. The van der Waals surface area contributed by atoms with Crippen LogP contribution in [-0.4, -0.2) is 39.0 Å². The molecule has 1 saturated carbocycles. The van der Waals surface area contributed by atoms with Crippen LogP contribution in [0, 0.1) is 12.8 Å². The first-order chi connectivity index (χ1) is 11.8. The maximum atomic E-state index is 11.9. The van der Waals surface area contributed by atoms with Crippen molar-refractivity contribution < 1.29 is 9.53 Å². The van der Waals surface area contributed by atoms with Crippen LogP contribution < -0.4 is 10.6 Å². The normalized spacial score (nSPS) is 26.3. The third-order valence-corrected chi connectivity index (χ3v) is 4.96. The first-order valence-corrected chi connectivity index (χ1v) is 9.46. The molecule has 1 aliphatic carbocycles. The zero-order valence-corrected chi connectivity index (χ0v) is 15.8. The maximum Gasteiger partial charge on any atom is 0.407 e. The standard InChI is InChI=1S/C18H31N5O2/c1-12-20-16-15(9-6-10-23(16)22-12)21-14-8-5-7-13(14)11-19-17(24)25-18(2,3)4/h13-15,21H,5-11H2,1-4H3,(H,19,24)/t13-,14+,15+/m1/s1. The number of fused-ring (bicyclic) bond motifs is 1. The highest BCUT2D eigenvalue weighted by Crippen LogP contribution is 2.30. The summed E-state index contributed by atoms with van der Waals surface area (Å²) in [7, 11) is 0. The molecule has 0 radical (unpaired) electrons. The summed E-state index contributed by atoms with van der Waals surface area (Å²) >= 11 is 0. The van der Waals surface area contributed by atoms with Crippen molar-refractivity contribution in [2.45, 2.75) is 84.0 Å². The Hall–Kier alpha value is -1.63. The minimum absolute atomic E-state index is 0.266. The van der Waals surface area contributed by atoms with E-state index in [1.165, 1.54) is 6.42 Å². The number of carbonyl (C=O) groups excluding carboxylic acids is 1. The summed E-state index contributed by atoms with van der Waals surface area (Å²) in [6.45, 7) is 9.22. The number of hydrogen-bond donors (Lipinski definition) is 2. The van der Waals surface area contributed by atoms with Crippen LogP contribution in [0.2, 0.25) is 0 Å². The molecule has 7 heteroatoms. The zero-order valence-electron chi connectivity index (χ0n) is 15.8. The smallest absolute Gasteiger partial charge is 0.407 e. The molecule has 1 fully saturated rings. The van der Waals surface area contributed by atoms with Gasteiger partial charge in [0.15, 0.2) is 0 Å². The van der Waals surface area contributed by atoms with E-state index in [2.05, 4.69) is 20.7 Å². The molecule has 1 amide bonds. The second-order valence-corrected chi connectivity index (χ2v) is 8.28. The summed E-state index contributed by atoms with van der Waals surface area (Å²) in [5.74, 6) is 2.35. The van der Waals surface area contributed by atoms with Gasteiger partial charge in [-0.25, -0.2) is 14.5 Å². The predicted molar refractivity (Wildman–Crippen MR) is 95.2 cm³/mol. The number of amides is 1. The molecule has 0 saturated heterocycles. The average Bonchev–Trinajstić information content (AvgIpc) is 3.09. The molecule has 2 aliphatic rings. The fraction of sp³-hybridized carbons (Fsp3) is 0.833. The minimum Gasteiger partial charge on any atom is -0.444 e. The van der Waals surface area contributed by atoms with E-state index < -0.39 is 5.60 Å². The molecular formula is C18H31N5O2. The molecule has 3 atom stereocenters. The molecular weight excluding hydrogens is 318 g/mol. The summed E-state index contributed by atoms with van der Waals surface area (Å²) in [4.78, 5) is 16.5. The van der Waals surface area contributed by atoms with Crippen LogP contribution in [0.3, 0.4) is 0 Å². The monoisotopic (exact) mass is 349 g/mol. The Morgan fingerprint density at radius 3 is 2.84 bits per heavy atom. The lowest BCUT2D eigenvalue weighted by Crippen LogP contribution is -2.43. The van der Waals surface area contributed by atoms with E-state index in [0.717, 1.165) is 43.9 Å².